The number of hydrogen-bond acceptors (Lipinski definition) is 4. The molecular weight excluding hydrogens is 332 g/mol. The van der Waals surface area contributed by atoms with E-state index in [4.69, 9.17) is 9.15 Å². The van der Waals surface area contributed by atoms with Crippen LogP contribution in [0.2, 0.25) is 0 Å². The summed E-state index contributed by atoms with van der Waals surface area (Å²) < 4.78 is 10.8. The summed E-state index contributed by atoms with van der Waals surface area (Å²) in [6.45, 7) is 8.22. The Bertz CT molecular complexity index is 715. The first-order chi connectivity index (χ1) is 12.3. The van der Waals surface area contributed by atoms with Gasteiger partial charge in [-0.05, 0) is 42.2 Å². The molecule has 2 amide bonds. The lowest BCUT2D eigenvalue weighted by atomic mass is 9.87. The molecule has 0 aliphatic rings. The van der Waals surface area contributed by atoms with Gasteiger partial charge in [-0.15, -0.1) is 0 Å². The normalized spacial score (nSPS) is 12.3. The van der Waals surface area contributed by atoms with E-state index in [0.717, 1.165) is 0 Å². The smallest absolute Gasteiger partial charge is 0.261 e. The summed E-state index contributed by atoms with van der Waals surface area (Å²) in [5.74, 6) is 0.623. The molecule has 6 heteroatoms. The second kappa shape index (κ2) is 8.56. The molecule has 0 saturated carbocycles. The third-order valence-corrected chi connectivity index (χ3v) is 3.87. The van der Waals surface area contributed by atoms with Crippen LogP contribution in [0.3, 0.4) is 0 Å². The minimum atomic E-state index is -0.701. The predicted octanol–water partition coefficient (Wildman–Crippen LogP) is 2.78. The van der Waals surface area contributed by atoms with E-state index in [9.17, 15) is 9.59 Å². The van der Waals surface area contributed by atoms with Gasteiger partial charge in [0.25, 0.3) is 5.91 Å². The molecule has 1 heterocycles. The molecule has 1 aromatic carbocycles. The first-order valence-corrected chi connectivity index (χ1v) is 8.59. The Labute approximate surface area is 153 Å². The molecule has 1 unspecified atom stereocenters. The van der Waals surface area contributed by atoms with Gasteiger partial charge in [-0.1, -0.05) is 32.9 Å². The van der Waals surface area contributed by atoms with E-state index in [-0.39, 0.29) is 30.3 Å². The van der Waals surface area contributed by atoms with Crippen LogP contribution in [0.4, 0.5) is 0 Å². The van der Waals surface area contributed by atoms with Gasteiger partial charge in [0.05, 0.1) is 19.4 Å². The summed E-state index contributed by atoms with van der Waals surface area (Å²) in [6.07, 6.45) is 0.837. The van der Waals surface area contributed by atoms with Crippen molar-refractivity contribution in [1.82, 2.24) is 10.6 Å². The topological polar surface area (TPSA) is 80.6 Å². The fourth-order valence-corrected chi connectivity index (χ4v) is 2.26. The number of carbonyl (C=O) groups is 2. The Balaban J connectivity index is 1.75. The van der Waals surface area contributed by atoms with Crippen LogP contribution in [0.15, 0.2) is 47.1 Å². The van der Waals surface area contributed by atoms with Crippen LogP contribution < -0.4 is 15.4 Å². The monoisotopic (exact) mass is 358 g/mol. The maximum Gasteiger partial charge on any atom is 0.261 e. The van der Waals surface area contributed by atoms with Crippen molar-refractivity contribution in [3.63, 3.8) is 0 Å². The van der Waals surface area contributed by atoms with E-state index in [1.807, 2.05) is 24.3 Å². The van der Waals surface area contributed by atoms with Gasteiger partial charge in [0, 0.05) is 0 Å². The molecule has 0 saturated heterocycles. The fourth-order valence-electron chi connectivity index (χ4n) is 2.26. The number of rotatable bonds is 7. The van der Waals surface area contributed by atoms with Gasteiger partial charge >= 0.3 is 0 Å². The van der Waals surface area contributed by atoms with E-state index in [1.165, 1.54) is 11.8 Å². The van der Waals surface area contributed by atoms with E-state index >= 15 is 0 Å². The predicted molar refractivity (Wildman–Crippen MR) is 98.8 cm³/mol. The van der Waals surface area contributed by atoms with E-state index in [2.05, 4.69) is 31.4 Å². The van der Waals surface area contributed by atoms with Gasteiger partial charge in [-0.25, -0.2) is 0 Å². The van der Waals surface area contributed by atoms with Crippen molar-refractivity contribution >= 4 is 11.8 Å². The second-order valence-electron chi connectivity index (χ2n) is 7.11. The number of nitrogens with one attached hydrogen (secondary N) is 2. The molecule has 1 atom stereocenters. The van der Waals surface area contributed by atoms with Crippen LogP contribution in [0.5, 0.6) is 5.75 Å². The molecule has 2 aromatic rings. The molecule has 2 rings (SSSR count). The number of amides is 2. The second-order valence-corrected chi connectivity index (χ2v) is 7.11. The minimum Gasteiger partial charge on any atom is -0.481 e. The summed E-state index contributed by atoms with van der Waals surface area (Å²) in [7, 11) is 0. The summed E-state index contributed by atoms with van der Waals surface area (Å²) in [5, 5.41) is 5.22. The lowest BCUT2D eigenvalue weighted by Crippen LogP contribution is -2.42. The van der Waals surface area contributed by atoms with Gasteiger partial charge < -0.3 is 19.8 Å². The number of furan rings is 1. The van der Waals surface area contributed by atoms with Crippen molar-refractivity contribution in [2.45, 2.75) is 45.8 Å². The number of hydrogen-bond donors (Lipinski definition) is 2. The highest BCUT2D eigenvalue weighted by atomic mass is 16.5. The van der Waals surface area contributed by atoms with Gasteiger partial charge in [0.1, 0.15) is 11.5 Å². The van der Waals surface area contributed by atoms with E-state index in [1.54, 1.807) is 19.1 Å². The molecule has 0 aliphatic heterocycles. The summed E-state index contributed by atoms with van der Waals surface area (Å²) in [4.78, 5) is 23.8. The van der Waals surface area contributed by atoms with Crippen molar-refractivity contribution in [2.75, 3.05) is 6.54 Å². The average Bonchev–Trinajstić information content (AvgIpc) is 3.11. The summed E-state index contributed by atoms with van der Waals surface area (Å²) >= 11 is 0. The molecule has 0 aliphatic carbocycles. The molecule has 6 nitrogen and oxygen atoms in total. The fraction of sp³-hybridized carbons (Fsp3) is 0.400. The number of benzene rings is 1. The molecule has 26 heavy (non-hydrogen) atoms. The van der Waals surface area contributed by atoms with Crippen LogP contribution in [0, 0.1) is 0 Å². The zero-order valence-electron chi connectivity index (χ0n) is 15.7. The van der Waals surface area contributed by atoms with Crippen molar-refractivity contribution in [1.29, 1.82) is 0 Å². The first-order valence-electron chi connectivity index (χ1n) is 8.59. The van der Waals surface area contributed by atoms with E-state index in [0.29, 0.717) is 11.5 Å². The molecule has 0 spiro atoms. The Morgan fingerprint density at radius 3 is 2.38 bits per heavy atom. The number of ether oxygens (including phenoxy) is 1. The quantitative estimate of drug-likeness (QED) is 0.797. The zero-order chi connectivity index (χ0) is 19.2. The highest BCUT2D eigenvalue weighted by Gasteiger charge is 2.17. The maximum atomic E-state index is 12.1. The standard InChI is InChI=1S/C20H26N2O4/c1-14(26-16-9-7-15(8-10-16)20(2,3)4)19(24)22-13-18(23)21-12-17-6-5-11-25-17/h5-11,14H,12-13H2,1-4H3,(H,21,23)(H,22,24). The molecule has 2 N–H and O–H groups in total. The van der Waals surface area contributed by atoms with Gasteiger partial charge in [0.15, 0.2) is 6.10 Å². The van der Waals surface area contributed by atoms with Gasteiger partial charge in [-0.3, -0.25) is 9.59 Å². The van der Waals surface area contributed by atoms with Gasteiger partial charge in [0.2, 0.25) is 5.91 Å². The molecule has 140 valence electrons. The highest BCUT2D eigenvalue weighted by Crippen LogP contribution is 2.24. The third-order valence-electron chi connectivity index (χ3n) is 3.87. The van der Waals surface area contributed by atoms with Crippen molar-refractivity contribution in [3.05, 3.63) is 54.0 Å². The Kier molecular flexibility index (Phi) is 6.44. The maximum absolute atomic E-state index is 12.1. The average molecular weight is 358 g/mol. The van der Waals surface area contributed by atoms with Crippen LogP contribution >= 0.6 is 0 Å². The zero-order valence-corrected chi connectivity index (χ0v) is 15.7. The lowest BCUT2D eigenvalue weighted by molar-refractivity contribution is -0.130. The van der Waals surface area contributed by atoms with Crippen molar-refractivity contribution in [2.24, 2.45) is 0 Å². The highest BCUT2D eigenvalue weighted by molar-refractivity contribution is 5.86. The Morgan fingerprint density at radius 1 is 1.12 bits per heavy atom. The Morgan fingerprint density at radius 2 is 1.81 bits per heavy atom. The SMILES string of the molecule is CC(Oc1ccc(C(C)(C)C)cc1)C(=O)NCC(=O)NCc1ccco1. The van der Waals surface area contributed by atoms with E-state index < -0.39 is 6.10 Å². The molecule has 1 aromatic heterocycles. The summed E-state index contributed by atoms with van der Waals surface area (Å²) in [6, 6.07) is 11.2. The van der Waals surface area contributed by atoms with Gasteiger partial charge in [-0.2, -0.15) is 0 Å². The Hall–Kier alpha value is -2.76. The van der Waals surface area contributed by atoms with Crippen molar-refractivity contribution < 1.29 is 18.7 Å². The molecular formula is C20H26N2O4. The van der Waals surface area contributed by atoms with Crippen molar-refractivity contribution in [3.8, 4) is 5.75 Å². The molecule has 0 radical (unpaired) electrons. The summed E-state index contributed by atoms with van der Waals surface area (Å²) in [5.41, 5.74) is 1.25. The number of carbonyl (C=O) groups excluding carboxylic acids is 2. The van der Waals surface area contributed by atoms with Crippen LogP contribution in [-0.4, -0.2) is 24.5 Å². The van der Waals surface area contributed by atoms with Crippen LogP contribution in [0.1, 0.15) is 39.0 Å². The minimum absolute atomic E-state index is 0.0600. The third kappa shape index (κ3) is 5.95. The van der Waals surface area contributed by atoms with Crippen LogP contribution in [-0.2, 0) is 21.5 Å². The lowest BCUT2D eigenvalue weighted by Gasteiger charge is -2.20. The first kappa shape index (κ1) is 19.6. The molecule has 0 bridgehead atoms. The van der Waals surface area contributed by atoms with Crippen LogP contribution in [0.25, 0.3) is 0 Å². The molecule has 0 fully saturated rings. The largest absolute Gasteiger partial charge is 0.481 e.